The van der Waals surface area contributed by atoms with Crippen molar-refractivity contribution in [2.75, 3.05) is 34.4 Å². The van der Waals surface area contributed by atoms with Gasteiger partial charge < -0.3 is 19.1 Å². The van der Waals surface area contributed by atoms with Crippen molar-refractivity contribution in [3.63, 3.8) is 0 Å². The molecule has 1 amide bonds. The maximum atomic E-state index is 12.5. The highest BCUT2D eigenvalue weighted by Crippen LogP contribution is 2.40. The van der Waals surface area contributed by atoms with Gasteiger partial charge in [0.15, 0.2) is 11.5 Å². The van der Waals surface area contributed by atoms with E-state index in [-0.39, 0.29) is 18.0 Å². The van der Waals surface area contributed by atoms with Crippen molar-refractivity contribution < 1.29 is 19.0 Å². The van der Waals surface area contributed by atoms with Gasteiger partial charge in [-0.3, -0.25) is 9.59 Å². The fraction of sp³-hybridized carbons (Fsp3) is 0.450. The number of hydrogen-bond acceptors (Lipinski definition) is 6. The van der Waals surface area contributed by atoms with E-state index in [9.17, 15) is 9.59 Å². The van der Waals surface area contributed by atoms with Gasteiger partial charge in [-0.05, 0) is 37.5 Å². The van der Waals surface area contributed by atoms with E-state index >= 15 is 0 Å². The minimum Gasteiger partial charge on any atom is -0.493 e. The van der Waals surface area contributed by atoms with Gasteiger partial charge in [-0.15, -0.1) is 0 Å². The molecular weight excluding hydrogens is 362 g/mol. The van der Waals surface area contributed by atoms with Crippen LogP contribution >= 0.6 is 0 Å². The molecule has 0 N–H and O–H groups in total. The molecule has 0 aliphatic carbocycles. The van der Waals surface area contributed by atoms with E-state index in [1.54, 1.807) is 23.1 Å². The van der Waals surface area contributed by atoms with Crippen molar-refractivity contribution in [3.8, 4) is 28.5 Å². The van der Waals surface area contributed by atoms with Gasteiger partial charge in [-0.2, -0.15) is 5.10 Å². The molecule has 1 saturated heterocycles. The summed E-state index contributed by atoms with van der Waals surface area (Å²) in [6.07, 6.45) is 3.14. The number of benzene rings is 1. The van der Waals surface area contributed by atoms with Gasteiger partial charge in [0, 0.05) is 24.7 Å². The minimum atomic E-state index is -0.318. The van der Waals surface area contributed by atoms with Crippen LogP contribution in [0.4, 0.5) is 0 Å². The first-order chi connectivity index (χ1) is 13.6. The molecule has 1 aromatic heterocycles. The molecule has 1 aromatic carbocycles. The lowest BCUT2D eigenvalue weighted by Crippen LogP contribution is -2.40. The Morgan fingerprint density at radius 1 is 1.00 bits per heavy atom. The first-order valence-corrected chi connectivity index (χ1v) is 9.23. The topological polar surface area (TPSA) is 82.9 Å². The van der Waals surface area contributed by atoms with Crippen LogP contribution in [0.1, 0.15) is 19.3 Å². The average Bonchev–Trinajstić information content (AvgIpc) is 2.74. The van der Waals surface area contributed by atoms with Crippen molar-refractivity contribution in [3.05, 3.63) is 34.6 Å². The Bertz CT molecular complexity index is 878. The molecule has 0 radical (unpaired) electrons. The number of likely N-dealkylation sites (tertiary alicyclic amines) is 1. The second-order valence-electron chi connectivity index (χ2n) is 6.57. The average molecular weight is 387 g/mol. The Morgan fingerprint density at radius 2 is 1.64 bits per heavy atom. The van der Waals surface area contributed by atoms with Crippen LogP contribution in [0.2, 0.25) is 0 Å². The monoisotopic (exact) mass is 387 g/mol. The van der Waals surface area contributed by atoms with Crippen LogP contribution < -0.4 is 19.8 Å². The molecule has 8 nitrogen and oxygen atoms in total. The van der Waals surface area contributed by atoms with Crippen LogP contribution in [0, 0.1) is 0 Å². The molecular formula is C20H25N3O5. The summed E-state index contributed by atoms with van der Waals surface area (Å²) in [7, 11) is 4.60. The van der Waals surface area contributed by atoms with E-state index in [0.717, 1.165) is 32.4 Å². The normalized spacial score (nSPS) is 13.9. The smallest absolute Gasteiger partial charge is 0.267 e. The molecule has 0 spiro atoms. The Hall–Kier alpha value is -3.03. The quantitative estimate of drug-likeness (QED) is 0.753. The fourth-order valence-corrected chi connectivity index (χ4v) is 3.32. The van der Waals surface area contributed by atoms with E-state index < -0.39 is 0 Å². The number of ether oxygens (including phenoxy) is 3. The van der Waals surface area contributed by atoms with E-state index in [0.29, 0.717) is 28.5 Å². The third kappa shape index (κ3) is 4.11. The number of piperidine rings is 1. The molecule has 1 aliphatic heterocycles. The summed E-state index contributed by atoms with van der Waals surface area (Å²) in [5.41, 5.74) is 0.903. The van der Waals surface area contributed by atoms with Crippen LogP contribution in [-0.4, -0.2) is 55.0 Å². The molecule has 1 aliphatic rings. The van der Waals surface area contributed by atoms with Gasteiger partial charge in [0.25, 0.3) is 5.56 Å². The third-order valence-corrected chi connectivity index (χ3v) is 4.82. The molecule has 0 bridgehead atoms. The summed E-state index contributed by atoms with van der Waals surface area (Å²) in [4.78, 5) is 26.5. The van der Waals surface area contributed by atoms with Gasteiger partial charge >= 0.3 is 0 Å². The predicted octanol–water partition coefficient (Wildman–Crippen LogP) is 1.95. The van der Waals surface area contributed by atoms with Gasteiger partial charge in [-0.25, -0.2) is 4.68 Å². The van der Waals surface area contributed by atoms with Crippen molar-refractivity contribution in [2.45, 2.75) is 25.8 Å². The van der Waals surface area contributed by atoms with Crippen molar-refractivity contribution in [1.82, 2.24) is 14.7 Å². The van der Waals surface area contributed by atoms with E-state index in [1.807, 2.05) is 0 Å². The van der Waals surface area contributed by atoms with Crippen molar-refractivity contribution in [1.29, 1.82) is 0 Å². The summed E-state index contributed by atoms with van der Waals surface area (Å²) in [5, 5.41) is 4.39. The number of aromatic nitrogens is 2. The first kappa shape index (κ1) is 19.7. The molecule has 0 saturated carbocycles. The number of hydrogen-bond donors (Lipinski definition) is 0. The molecule has 2 aromatic rings. The maximum absolute atomic E-state index is 12.5. The van der Waals surface area contributed by atoms with Gasteiger partial charge in [0.2, 0.25) is 11.7 Å². The van der Waals surface area contributed by atoms with Crippen molar-refractivity contribution in [2.24, 2.45) is 0 Å². The predicted molar refractivity (Wildman–Crippen MR) is 104 cm³/mol. The molecule has 0 atom stereocenters. The van der Waals surface area contributed by atoms with Crippen LogP contribution in [-0.2, 0) is 11.3 Å². The number of carbonyl (C=O) groups is 1. The highest BCUT2D eigenvalue weighted by Gasteiger charge is 2.19. The van der Waals surface area contributed by atoms with E-state index in [1.165, 1.54) is 32.1 Å². The van der Waals surface area contributed by atoms with Crippen LogP contribution in [0.5, 0.6) is 17.2 Å². The number of rotatable bonds is 6. The van der Waals surface area contributed by atoms with Gasteiger partial charge in [-0.1, -0.05) is 0 Å². The standard InChI is InChI=1S/C20H25N3O5/c1-26-16-11-14(12-17(27-2)20(16)28-3)15-7-8-18(24)23(21-15)13-19(25)22-9-5-4-6-10-22/h7-8,11-12H,4-6,9-10,13H2,1-3H3. The third-order valence-electron chi connectivity index (χ3n) is 4.82. The van der Waals surface area contributed by atoms with Crippen LogP contribution in [0.3, 0.4) is 0 Å². The summed E-state index contributed by atoms with van der Waals surface area (Å²) in [6, 6.07) is 6.54. The highest BCUT2D eigenvalue weighted by molar-refractivity contribution is 5.76. The zero-order chi connectivity index (χ0) is 20.1. The fourth-order valence-electron chi connectivity index (χ4n) is 3.32. The lowest BCUT2D eigenvalue weighted by molar-refractivity contribution is -0.133. The zero-order valence-electron chi connectivity index (χ0n) is 16.4. The maximum Gasteiger partial charge on any atom is 0.267 e. The van der Waals surface area contributed by atoms with Crippen LogP contribution in [0.25, 0.3) is 11.3 Å². The summed E-state index contributed by atoms with van der Waals surface area (Å²) >= 11 is 0. The molecule has 0 unspecified atom stereocenters. The summed E-state index contributed by atoms with van der Waals surface area (Å²) < 4.78 is 17.3. The number of methoxy groups -OCH3 is 3. The Balaban J connectivity index is 1.92. The zero-order valence-corrected chi connectivity index (χ0v) is 16.4. The molecule has 150 valence electrons. The summed E-state index contributed by atoms with van der Waals surface area (Å²) in [6.45, 7) is 1.40. The second-order valence-corrected chi connectivity index (χ2v) is 6.57. The Kier molecular flexibility index (Phi) is 6.18. The number of nitrogens with zero attached hydrogens (tertiary/aromatic N) is 3. The first-order valence-electron chi connectivity index (χ1n) is 9.23. The Labute approximate surface area is 163 Å². The second kappa shape index (κ2) is 8.77. The molecule has 2 heterocycles. The van der Waals surface area contributed by atoms with E-state index in [2.05, 4.69) is 5.10 Å². The number of amides is 1. The number of carbonyl (C=O) groups excluding carboxylic acids is 1. The van der Waals surface area contributed by atoms with Gasteiger partial charge in [0.1, 0.15) is 6.54 Å². The van der Waals surface area contributed by atoms with Crippen molar-refractivity contribution >= 4 is 5.91 Å². The lowest BCUT2D eigenvalue weighted by atomic mass is 10.1. The highest BCUT2D eigenvalue weighted by atomic mass is 16.5. The summed E-state index contributed by atoms with van der Waals surface area (Å²) in [5.74, 6) is 1.36. The molecule has 3 rings (SSSR count). The molecule has 28 heavy (non-hydrogen) atoms. The minimum absolute atomic E-state index is 0.0723. The SMILES string of the molecule is COc1cc(-c2ccc(=O)n(CC(=O)N3CCCCC3)n2)cc(OC)c1OC. The Morgan fingerprint density at radius 3 is 2.21 bits per heavy atom. The lowest BCUT2D eigenvalue weighted by Gasteiger charge is -2.26. The van der Waals surface area contributed by atoms with E-state index in [4.69, 9.17) is 14.2 Å². The largest absolute Gasteiger partial charge is 0.493 e. The molecule has 8 heteroatoms. The molecule has 1 fully saturated rings. The van der Waals surface area contributed by atoms with Gasteiger partial charge in [0.05, 0.1) is 27.0 Å². The van der Waals surface area contributed by atoms with Crippen LogP contribution in [0.15, 0.2) is 29.1 Å².